The Morgan fingerprint density at radius 2 is 2.06 bits per heavy atom. The molecule has 0 N–H and O–H groups in total. The SMILES string of the molecule is CCOc1ccc(CN2CCCC(=O)C2)cc1. The molecule has 1 fully saturated rings. The number of hydrogen-bond acceptors (Lipinski definition) is 3. The van der Waals surface area contributed by atoms with E-state index in [9.17, 15) is 4.79 Å². The lowest BCUT2D eigenvalue weighted by atomic mass is 10.1. The Hall–Kier alpha value is -1.35. The smallest absolute Gasteiger partial charge is 0.146 e. The molecule has 1 aliphatic heterocycles. The zero-order chi connectivity index (χ0) is 12.1. The van der Waals surface area contributed by atoms with Crippen molar-refractivity contribution in [1.82, 2.24) is 4.90 Å². The van der Waals surface area contributed by atoms with E-state index in [1.165, 1.54) is 5.56 Å². The molecule has 0 bridgehead atoms. The molecule has 0 spiro atoms. The lowest BCUT2D eigenvalue weighted by molar-refractivity contribution is -0.122. The average molecular weight is 233 g/mol. The second kappa shape index (κ2) is 5.82. The van der Waals surface area contributed by atoms with E-state index >= 15 is 0 Å². The molecule has 17 heavy (non-hydrogen) atoms. The predicted molar refractivity (Wildman–Crippen MR) is 67.1 cm³/mol. The van der Waals surface area contributed by atoms with Gasteiger partial charge in [0.05, 0.1) is 13.2 Å². The standard InChI is InChI=1S/C14H19NO2/c1-2-17-14-7-5-12(6-8-14)10-15-9-3-4-13(16)11-15/h5-8H,2-4,9-11H2,1H3. The van der Waals surface area contributed by atoms with Gasteiger partial charge in [0, 0.05) is 13.0 Å². The minimum Gasteiger partial charge on any atom is -0.494 e. The largest absolute Gasteiger partial charge is 0.494 e. The topological polar surface area (TPSA) is 29.5 Å². The van der Waals surface area contributed by atoms with Gasteiger partial charge in [-0.05, 0) is 37.6 Å². The summed E-state index contributed by atoms with van der Waals surface area (Å²) in [5, 5.41) is 0. The number of carbonyl (C=O) groups is 1. The lowest BCUT2D eigenvalue weighted by Crippen LogP contribution is -2.34. The van der Waals surface area contributed by atoms with Gasteiger partial charge in [-0.1, -0.05) is 12.1 Å². The Bertz CT molecular complexity index is 372. The van der Waals surface area contributed by atoms with Crippen molar-refractivity contribution in [2.45, 2.75) is 26.3 Å². The number of ether oxygens (including phenoxy) is 1. The van der Waals surface area contributed by atoms with Crippen molar-refractivity contribution in [2.24, 2.45) is 0 Å². The summed E-state index contributed by atoms with van der Waals surface area (Å²) in [6.45, 7) is 5.16. The molecule has 1 aromatic carbocycles. The van der Waals surface area contributed by atoms with Crippen LogP contribution in [-0.2, 0) is 11.3 Å². The number of Topliss-reactive ketones (excluding diaryl/α,β-unsaturated/α-hetero) is 1. The van der Waals surface area contributed by atoms with Crippen LogP contribution in [0, 0.1) is 0 Å². The Balaban J connectivity index is 1.91. The van der Waals surface area contributed by atoms with Crippen LogP contribution in [0.2, 0.25) is 0 Å². The van der Waals surface area contributed by atoms with E-state index in [2.05, 4.69) is 17.0 Å². The molecule has 0 saturated carbocycles. The van der Waals surface area contributed by atoms with Crippen LogP contribution in [0.3, 0.4) is 0 Å². The fourth-order valence-electron chi connectivity index (χ4n) is 2.16. The third-order valence-electron chi connectivity index (χ3n) is 2.97. The Labute approximate surface area is 102 Å². The summed E-state index contributed by atoms with van der Waals surface area (Å²) >= 11 is 0. The molecule has 3 nitrogen and oxygen atoms in total. The number of benzene rings is 1. The van der Waals surface area contributed by atoms with Crippen LogP contribution in [0.15, 0.2) is 24.3 Å². The summed E-state index contributed by atoms with van der Waals surface area (Å²) in [4.78, 5) is 13.6. The van der Waals surface area contributed by atoms with Crippen LogP contribution < -0.4 is 4.74 Å². The Kier molecular flexibility index (Phi) is 4.15. The molecule has 1 aliphatic rings. The van der Waals surface area contributed by atoms with Gasteiger partial charge in [-0.25, -0.2) is 0 Å². The summed E-state index contributed by atoms with van der Waals surface area (Å²) in [6.07, 6.45) is 1.75. The Morgan fingerprint density at radius 3 is 2.71 bits per heavy atom. The Morgan fingerprint density at radius 1 is 1.29 bits per heavy atom. The van der Waals surface area contributed by atoms with Crippen molar-refractivity contribution in [3.05, 3.63) is 29.8 Å². The van der Waals surface area contributed by atoms with E-state index in [4.69, 9.17) is 4.74 Å². The highest BCUT2D eigenvalue weighted by Gasteiger charge is 2.16. The van der Waals surface area contributed by atoms with Crippen LogP contribution in [0.4, 0.5) is 0 Å². The van der Waals surface area contributed by atoms with E-state index in [1.54, 1.807) is 0 Å². The number of carbonyl (C=O) groups excluding carboxylic acids is 1. The number of ketones is 1. The first-order valence-corrected chi connectivity index (χ1v) is 6.23. The van der Waals surface area contributed by atoms with Gasteiger partial charge in [-0.2, -0.15) is 0 Å². The summed E-state index contributed by atoms with van der Waals surface area (Å²) in [6, 6.07) is 8.13. The minimum absolute atomic E-state index is 0.363. The molecular weight excluding hydrogens is 214 g/mol. The van der Waals surface area contributed by atoms with Gasteiger partial charge in [0.25, 0.3) is 0 Å². The molecule has 1 saturated heterocycles. The second-order valence-electron chi connectivity index (χ2n) is 4.43. The van der Waals surface area contributed by atoms with Crippen molar-refractivity contribution in [2.75, 3.05) is 19.7 Å². The van der Waals surface area contributed by atoms with Gasteiger partial charge in [-0.3, -0.25) is 9.69 Å². The van der Waals surface area contributed by atoms with E-state index in [1.807, 2.05) is 19.1 Å². The molecule has 0 atom stereocenters. The summed E-state index contributed by atoms with van der Waals surface area (Å²) < 4.78 is 5.40. The number of hydrogen-bond donors (Lipinski definition) is 0. The highest BCUT2D eigenvalue weighted by atomic mass is 16.5. The van der Waals surface area contributed by atoms with Gasteiger partial charge in [-0.15, -0.1) is 0 Å². The molecule has 0 unspecified atom stereocenters. The number of nitrogens with zero attached hydrogens (tertiary/aromatic N) is 1. The maximum atomic E-state index is 11.3. The molecule has 3 heteroatoms. The quantitative estimate of drug-likeness (QED) is 0.799. The van der Waals surface area contributed by atoms with Crippen molar-refractivity contribution in [1.29, 1.82) is 0 Å². The minimum atomic E-state index is 0.363. The highest BCUT2D eigenvalue weighted by molar-refractivity contribution is 5.81. The summed E-state index contributed by atoms with van der Waals surface area (Å²) in [5.41, 5.74) is 1.24. The van der Waals surface area contributed by atoms with E-state index < -0.39 is 0 Å². The molecule has 0 aromatic heterocycles. The fraction of sp³-hybridized carbons (Fsp3) is 0.500. The van der Waals surface area contributed by atoms with Crippen molar-refractivity contribution in [3.63, 3.8) is 0 Å². The number of piperidine rings is 1. The zero-order valence-corrected chi connectivity index (χ0v) is 10.3. The van der Waals surface area contributed by atoms with Crippen molar-refractivity contribution >= 4 is 5.78 Å². The summed E-state index contributed by atoms with van der Waals surface area (Å²) in [7, 11) is 0. The first-order valence-electron chi connectivity index (χ1n) is 6.23. The van der Waals surface area contributed by atoms with Gasteiger partial charge in [0.2, 0.25) is 0 Å². The lowest BCUT2D eigenvalue weighted by Gasteiger charge is -2.25. The molecular formula is C14H19NO2. The number of rotatable bonds is 4. The second-order valence-corrected chi connectivity index (χ2v) is 4.43. The van der Waals surface area contributed by atoms with Gasteiger partial charge >= 0.3 is 0 Å². The average Bonchev–Trinajstić information content (AvgIpc) is 2.32. The molecule has 0 aliphatic carbocycles. The zero-order valence-electron chi connectivity index (χ0n) is 10.3. The van der Waals surface area contributed by atoms with Crippen molar-refractivity contribution < 1.29 is 9.53 Å². The van der Waals surface area contributed by atoms with E-state index in [0.29, 0.717) is 18.9 Å². The molecule has 92 valence electrons. The molecule has 0 amide bonds. The van der Waals surface area contributed by atoms with Gasteiger partial charge in [0.1, 0.15) is 11.5 Å². The van der Waals surface area contributed by atoms with E-state index in [-0.39, 0.29) is 0 Å². The first kappa shape index (κ1) is 12.1. The maximum Gasteiger partial charge on any atom is 0.146 e. The van der Waals surface area contributed by atoms with Crippen LogP contribution in [0.25, 0.3) is 0 Å². The van der Waals surface area contributed by atoms with Gasteiger partial charge < -0.3 is 4.74 Å². The number of likely N-dealkylation sites (tertiary alicyclic amines) is 1. The van der Waals surface area contributed by atoms with Crippen molar-refractivity contribution in [3.8, 4) is 5.75 Å². The van der Waals surface area contributed by atoms with Gasteiger partial charge in [0.15, 0.2) is 0 Å². The van der Waals surface area contributed by atoms with Crippen LogP contribution in [0.1, 0.15) is 25.3 Å². The molecule has 1 aromatic rings. The maximum absolute atomic E-state index is 11.3. The van der Waals surface area contributed by atoms with Crippen LogP contribution >= 0.6 is 0 Å². The fourth-order valence-corrected chi connectivity index (χ4v) is 2.16. The first-order chi connectivity index (χ1) is 8.28. The molecule has 2 rings (SSSR count). The predicted octanol–water partition coefficient (Wildman–Crippen LogP) is 2.25. The monoisotopic (exact) mass is 233 g/mol. The normalized spacial score (nSPS) is 17.1. The highest BCUT2D eigenvalue weighted by Crippen LogP contribution is 2.15. The van der Waals surface area contributed by atoms with Crippen LogP contribution in [-0.4, -0.2) is 30.4 Å². The molecule has 0 radical (unpaired) electrons. The third-order valence-corrected chi connectivity index (χ3v) is 2.97. The third kappa shape index (κ3) is 3.56. The molecule has 1 heterocycles. The van der Waals surface area contributed by atoms with E-state index in [0.717, 1.165) is 31.7 Å². The van der Waals surface area contributed by atoms with Crippen LogP contribution in [0.5, 0.6) is 5.75 Å². The summed E-state index contributed by atoms with van der Waals surface area (Å²) in [5.74, 6) is 1.27.